The minimum absolute atomic E-state index is 0.186. The van der Waals surface area contributed by atoms with Crippen molar-refractivity contribution in [1.29, 1.82) is 0 Å². The lowest BCUT2D eigenvalue weighted by Gasteiger charge is -2.20. The normalized spacial score (nSPS) is 11.5. The van der Waals surface area contributed by atoms with Gasteiger partial charge in [-0.2, -0.15) is 10.2 Å². The summed E-state index contributed by atoms with van der Waals surface area (Å²) in [6.45, 7) is 5.58. The summed E-state index contributed by atoms with van der Waals surface area (Å²) in [6.07, 6.45) is 7.34. The maximum Gasteiger partial charge on any atom is 0.310 e. The Bertz CT molecular complexity index is 815. The SMILES string of the molecule is CC(C)(C)OC(=O)Cc1ccc(-n2cccn2)cc1-n1cccn1. The molecule has 0 unspecified atom stereocenters. The van der Waals surface area contributed by atoms with E-state index in [0.29, 0.717) is 0 Å². The standard InChI is InChI=1S/C18H20N4O2/c1-18(2,3)24-17(23)12-14-6-7-15(21-10-4-8-19-21)13-16(14)22-11-5-9-20-22/h4-11,13H,12H2,1-3H3. The highest BCUT2D eigenvalue weighted by Crippen LogP contribution is 2.20. The van der Waals surface area contributed by atoms with Crippen LogP contribution in [0.2, 0.25) is 0 Å². The van der Waals surface area contributed by atoms with Crippen LogP contribution in [0.1, 0.15) is 26.3 Å². The number of carbonyl (C=O) groups is 1. The van der Waals surface area contributed by atoms with Crippen molar-refractivity contribution >= 4 is 5.97 Å². The van der Waals surface area contributed by atoms with Crippen LogP contribution < -0.4 is 0 Å². The molecule has 1 aromatic carbocycles. The number of benzene rings is 1. The van der Waals surface area contributed by atoms with E-state index < -0.39 is 5.60 Å². The first-order chi connectivity index (χ1) is 11.4. The van der Waals surface area contributed by atoms with Gasteiger partial charge in [0.25, 0.3) is 0 Å². The summed E-state index contributed by atoms with van der Waals surface area (Å²) >= 11 is 0. The Hall–Kier alpha value is -2.89. The van der Waals surface area contributed by atoms with Crippen LogP contribution in [0.15, 0.2) is 55.1 Å². The molecule has 6 nitrogen and oxygen atoms in total. The molecule has 6 heteroatoms. The predicted molar refractivity (Wildman–Crippen MR) is 90.2 cm³/mol. The highest BCUT2D eigenvalue weighted by atomic mass is 16.6. The molecule has 0 saturated carbocycles. The molecule has 0 saturated heterocycles. The number of rotatable bonds is 4. The van der Waals surface area contributed by atoms with Crippen LogP contribution in [-0.4, -0.2) is 31.1 Å². The lowest BCUT2D eigenvalue weighted by molar-refractivity contribution is -0.153. The van der Waals surface area contributed by atoms with Crippen LogP contribution in [0.25, 0.3) is 11.4 Å². The number of hydrogen-bond acceptors (Lipinski definition) is 4. The highest BCUT2D eigenvalue weighted by molar-refractivity contribution is 5.74. The van der Waals surface area contributed by atoms with E-state index in [1.165, 1.54) is 0 Å². The lowest BCUT2D eigenvalue weighted by Crippen LogP contribution is -2.25. The third kappa shape index (κ3) is 3.71. The van der Waals surface area contributed by atoms with Gasteiger partial charge in [0.2, 0.25) is 0 Å². The molecule has 0 atom stereocenters. The van der Waals surface area contributed by atoms with Crippen LogP contribution in [0.5, 0.6) is 0 Å². The Kier molecular flexibility index (Phi) is 4.20. The monoisotopic (exact) mass is 324 g/mol. The van der Waals surface area contributed by atoms with Gasteiger partial charge in [-0.25, -0.2) is 9.36 Å². The summed E-state index contributed by atoms with van der Waals surface area (Å²) in [5.41, 5.74) is 2.08. The molecule has 0 aliphatic rings. The van der Waals surface area contributed by atoms with E-state index >= 15 is 0 Å². The Morgan fingerprint density at radius 2 is 1.75 bits per heavy atom. The van der Waals surface area contributed by atoms with Crippen molar-refractivity contribution in [3.63, 3.8) is 0 Å². The van der Waals surface area contributed by atoms with E-state index in [-0.39, 0.29) is 12.4 Å². The number of ether oxygens (including phenoxy) is 1. The average molecular weight is 324 g/mol. The highest BCUT2D eigenvalue weighted by Gasteiger charge is 2.18. The minimum Gasteiger partial charge on any atom is -0.460 e. The smallest absolute Gasteiger partial charge is 0.310 e. The van der Waals surface area contributed by atoms with Gasteiger partial charge in [0.05, 0.1) is 17.8 Å². The third-order valence-corrected chi connectivity index (χ3v) is 3.34. The van der Waals surface area contributed by atoms with Crippen molar-refractivity contribution in [3.8, 4) is 11.4 Å². The number of hydrogen-bond donors (Lipinski definition) is 0. The van der Waals surface area contributed by atoms with Gasteiger partial charge in [-0.1, -0.05) is 6.07 Å². The second-order valence-corrected chi connectivity index (χ2v) is 6.48. The fourth-order valence-electron chi connectivity index (χ4n) is 2.42. The largest absolute Gasteiger partial charge is 0.460 e. The van der Waals surface area contributed by atoms with Gasteiger partial charge in [-0.3, -0.25) is 4.79 Å². The molecule has 2 heterocycles. The van der Waals surface area contributed by atoms with Crippen LogP contribution in [0.3, 0.4) is 0 Å². The third-order valence-electron chi connectivity index (χ3n) is 3.34. The van der Waals surface area contributed by atoms with Crippen molar-refractivity contribution in [1.82, 2.24) is 19.6 Å². The van der Waals surface area contributed by atoms with Crippen LogP contribution in [0.4, 0.5) is 0 Å². The molecule has 124 valence electrons. The summed E-state index contributed by atoms with van der Waals surface area (Å²) < 4.78 is 8.94. The number of nitrogens with zero attached hydrogens (tertiary/aromatic N) is 4. The molecule has 0 aliphatic heterocycles. The van der Waals surface area contributed by atoms with Crippen molar-refractivity contribution in [2.24, 2.45) is 0 Å². The van der Waals surface area contributed by atoms with Gasteiger partial charge in [0, 0.05) is 24.8 Å². The van der Waals surface area contributed by atoms with Crippen molar-refractivity contribution in [2.45, 2.75) is 32.8 Å². The molecular formula is C18H20N4O2. The summed E-state index contributed by atoms with van der Waals surface area (Å²) in [5.74, 6) is -0.261. The Balaban J connectivity index is 1.95. The lowest BCUT2D eigenvalue weighted by atomic mass is 10.1. The molecule has 2 aromatic heterocycles. The van der Waals surface area contributed by atoms with Crippen molar-refractivity contribution in [3.05, 3.63) is 60.7 Å². The molecule has 24 heavy (non-hydrogen) atoms. The first-order valence-electron chi connectivity index (χ1n) is 7.77. The molecule has 0 radical (unpaired) electrons. The zero-order valence-corrected chi connectivity index (χ0v) is 14.0. The van der Waals surface area contributed by atoms with Crippen LogP contribution >= 0.6 is 0 Å². The van der Waals surface area contributed by atoms with Crippen molar-refractivity contribution < 1.29 is 9.53 Å². The quantitative estimate of drug-likeness (QED) is 0.692. The fraction of sp³-hybridized carbons (Fsp3) is 0.278. The average Bonchev–Trinajstić information content (AvgIpc) is 3.19. The Labute approximate surface area is 140 Å². The van der Waals surface area contributed by atoms with Gasteiger partial charge in [-0.05, 0) is 50.6 Å². The molecule has 3 rings (SSSR count). The number of esters is 1. The fourth-order valence-corrected chi connectivity index (χ4v) is 2.42. The van der Waals surface area contributed by atoms with E-state index in [0.717, 1.165) is 16.9 Å². The Morgan fingerprint density at radius 1 is 1.08 bits per heavy atom. The van der Waals surface area contributed by atoms with E-state index in [4.69, 9.17) is 4.74 Å². The first kappa shape index (κ1) is 16.0. The van der Waals surface area contributed by atoms with Gasteiger partial charge >= 0.3 is 5.97 Å². The molecule has 0 amide bonds. The first-order valence-corrected chi connectivity index (χ1v) is 7.77. The van der Waals surface area contributed by atoms with E-state index in [2.05, 4.69) is 10.2 Å². The molecule has 0 bridgehead atoms. The second kappa shape index (κ2) is 6.31. The van der Waals surface area contributed by atoms with Gasteiger partial charge in [0.15, 0.2) is 0 Å². The molecule has 0 spiro atoms. The van der Waals surface area contributed by atoms with Crippen LogP contribution in [-0.2, 0) is 16.0 Å². The van der Waals surface area contributed by atoms with E-state index in [9.17, 15) is 4.79 Å². The van der Waals surface area contributed by atoms with Crippen LogP contribution in [0, 0.1) is 0 Å². The second-order valence-electron chi connectivity index (χ2n) is 6.48. The molecule has 0 aliphatic carbocycles. The molecule has 3 aromatic rings. The summed E-state index contributed by atoms with van der Waals surface area (Å²) in [4.78, 5) is 12.2. The van der Waals surface area contributed by atoms with E-state index in [1.807, 2.05) is 63.5 Å². The molecule has 0 fully saturated rings. The van der Waals surface area contributed by atoms with Gasteiger partial charge < -0.3 is 4.74 Å². The zero-order valence-electron chi connectivity index (χ0n) is 14.0. The van der Waals surface area contributed by atoms with Gasteiger partial charge in [0.1, 0.15) is 5.60 Å². The maximum absolute atomic E-state index is 12.2. The summed E-state index contributed by atoms with van der Waals surface area (Å²) in [6, 6.07) is 9.51. The molecular weight excluding hydrogens is 304 g/mol. The number of carbonyl (C=O) groups excluding carboxylic acids is 1. The van der Waals surface area contributed by atoms with Crippen molar-refractivity contribution in [2.75, 3.05) is 0 Å². The van der Waals surface area contributed by atoms with E-state index in [1.54, 1.807) is 21.8 Å². The number of aromatic nitrogens is 4. The topological polar surface area (TPSA) is 61.9 Å². The predicted octanol–water partition coefficient (Wildman–Crippen LogP) is 2.94. The molecule has 0 N–H and O–H groups in total. The Morgan fingerprint density at radius 3 is 2.33 bits per heavy atom. The summed E-state index contributed by atoms with van der Waals surface area (Å²) in [7, 11) is 0. The van der Waals surface area contributed by atoms with Gasteiger partial charge in [-0.15, -0.1) is 0 Å². The summed E-state index contributed by atoms with van der Waals surface area (Å²) in [5, 5.41) is 8.53. The maximum atomic E-state index is 12.2. The minimum atomic E-state index is -0.502. The zero-order chi connectivity index (χ0) is 17.2.